The van der Waals surface area contributed by atoms with Crippen molar-refractivity contribution in [2.75, 3.05) is 19.8 Å². The number of rotatable bonds is 17. The zero-order valence-corrected chi connectivity index (χ0v) is 23.2. The van der Waals surface area contributed by atoms with Gasteiger partial charge in [-0.1, -0.05) is 102 Å². The fourth-order valence-electron chi connectivity index (χ4n) is 4.86. The van der Waals surface area contributed by atoms with Crippen molar-refractivity contribution >= 4 is 0 Å². The second kappa shape index (κ2) is 16.8. The van der Waals surface area contributed by atoms with Crippen LogP contribution in [0.15, 0.2) is 36.4 Å². The Kier molecular flexibility index (Phi) is 13.5. The minimum atomic E-state index is -1.20. The highest BCUT2D eigenvalue weighted by Crippen LogP contribution is 2.33. The number of ether oxygens (including phenoxy) is 3. The number of halogens is 3. The van der Waals surface area contributed by atoms with E-state index in [1.807, 2.05) is 12.1 Å². The van der Waals surface area contributed by atoms with Gasteiger partial charge in [0.15, 0.2) is 17.9 Å². The highest BCUT2D eigenvalue weighted by molar-refractivity contribution is 5.65. The quantitative estimate of drug-likeness (QED) is 0.189. The van der Waals surface area contributed by atoms with Crippen LogP contribution in [0.3, 0.4) is 0 Å². The average molecular weight is 535 g/mol. The van der Waals surface area contributed by atoms with Crippen molar-refractivity contribution in [3.63, 3.8) is 0 Å². The van der Waals surface area contributed by atoms with Crippen LogP contribution in [-0.4, -0.2) is 26.0 Å². The monoisotopic (exact) mass is 534 g/mol. The molecule has 3 rings (SSSR count). The lowest BCUT2D eigenvalue weighted by Gasteiger charge is -2.29. The van der Waals surface area contributed by atoms with Gasteiger partial charge >= 0.3 is 0 Å². The zero-order chi connectivity index (χ0) is 27.2. The highest BCUT2D eigenvalue weighted by Gasteiger charge is 2.24. The van der Waals surface area contributed by atoms with E-state index in [0.717, 1.165) is 37.7 Å². The van der Waals surface area contributed by atoms with E-state index in [2.05, 4.69) is 13.8 Å². The minimum Gasteiger partial charge on any atom is -0.487 e. The molecule has 1 unspecified atom stereocenters. The number of alkyl halides is 1. The maximum Gasteiger partial charge on any atom is 0.201 e. The van der Waals surface area contributed by atoms with Crippen molar-refractivity contribution in [1.82, 2.24) is 0 Å². The van der Waals surface area contributed by atoms with Crippen molar-refractivity contribution in [2.45, 2.75) is 103 Å². The normalized spacial score (nSPS) is 18.4. The lowest BCUT2D eigenvalue weighted by Crippen LogP contribution is -2.27. The van der Waals surface area contributed by atoms with Crippen LogP contribution in [0.4, 0.5) is 13.2 Å². The van der Waals surface area contributed by atoms with Gasteiger partial charge in [-0.2, -0.15) is 4.39 Å². The summed E-state index contributed by atoms with van der Waals surface area (Å²) in [5.41, 5.74) is 1.51. The minimum absolute atomic E-state index is 0.127. The summed E-state index contributed by atoms with van der Waals surface area (Å²) < 4.78 is 60.7. The Balaban J connectivity index is 1.47. The summed E-state index contributed by atoms with van der Waals surface area (Å²) in [7, 11) is 0. The molecule has 0 amide bonds. The summed E-state index contributed by atoms with van der Waals surface area (Å²) in [6.45, 7) is 5.38. The van der Waals surface area contributed by atoms with E-state index in [9.17, 15) is 13.2 Å². The summed E-state index contributed by atoms with van der Waals surface area (Å²) in [5.74, 6) is -1.95. The van der Waals surface area contributed by atoms with E-state index in [4.69, 9.17) is 14.2 Å². The number of unbranched alkanes of at least 4 members (excludes halogenated alkanes) is 8. The van der Waals surface area contributed by atoms with Crippen molar-refractivity contribution in [3.05, 3.63) is 53.6 Å². The SMILES string of the molecule is CCCCCCCCC1COC(c2ccc(-c3ccc(OCC(F)CCCCCC)c(F)c3F)cc2)OC1. The molecule has 3 nitrogen and oxygen atoms in total. The molecule has 2 aromatic rings. The predicted octanol–water partition coefficient (Wildman–Crippen LogP) is 9.73. The molecule has 0 N–H and O–H groups in total. The Morgan fingerprint density at radius 2 is 1.42 bits per heavy atom. The molecule has 0 bridgehead atoms. The van der Waals surface area contributed by atoms with E-state index < -0.39 is 24.1 Å². The van der Waals surface area contributed by atoms with Crippen LogP contribution in [0.1, 0.15) is 103 Å². The first-order valence-electron chi connectivity index (χ1n) is 14.6. The van der Waals surface area contributed by atoms with E-state index >= 15 is 0 Å². The number of hydrogen-bond donors (Lipinski definition) is 0. The topological polar surface area (TPSA) is 27.7 Å². The maximum absolute atomic E-state index is 14.8. The van der Waals surface area contributed by atoms with Crippen LogP contribution in [-0.2, 0) is 9.47 Å². The van der Waals surface area contributed by atoms with Crippen LogP contribution >= 0.6 is 0 Å². The highest BCUT2D eigenvalue weighted by atomic mass is 19.2. The Bertz CT molecular complexity index is 926. The van der Waals surface area contributed by atoms with Crippen LogP contribution in [0.25, 0.3) is 11.1 Å². The van der Waals surface area contributed by atoms with Gasteiger partial charge in [-0.3, -0.25) is 0 Å². The summed E-state index contributed by atoms with van der Waals surface area (Å²) >= 11 is 0. The van der Waals surface area contributed by atoms with Gasteiger partial charge in [-0.05, 0) is 30.5 Å². The van der Waals surface area contributed by atoms with Crippen molar-refractivity contribution in [3.8, 4) is 16.9 Å². The standard InChI is InChI=1S/C32H45F3O3/c1-3-5-7-9-10-11-13-24-21-37-32(38-22-24)26-17-15-25(16-18-26)28-19-20-29(31(35)30(28)34)36-23-27(33)14-12-8-6-4-2/h15-20,24,27,32H,3-14,21-23H2,1-2H3. The van der Waals surface area contributed by atoms with Gasteiger partial charge in [0.25, 0.3) is 0 Å². The van der Waals surface area contributed by atoms with Gasteiger partial charge in [0, 0.05) is 17.0 Å². The third-order valence-electron chi connectivity index (χ3n) is 7.26. The van der Waals surface area contributed by atoms with E-state index in [1.165, 1.54) is 50.7 Å². The molecular formula is C32H45F3O3. The molecule has 1 atom stereocenters. The first-order valence-corrected chi connectivity index (χ1v) is 14.6. The molecule has 1 aliphatic heterocycles. The molecule has 0 aromatic heterocycles. The molecule has 38 heavy (non-hydrogen) atoms. The summed E-state index contributed by atoms with van der Waals surface area (Å²) in [6, 6.07) is 9.94. The molecule has 1 aliphatic rings. The third-order valence-corrected chi connectivity index (χ3v) is 7.26. The predicted molar refractivity (Wildman–Crippen MR) is 147 cm³/mol. The molecule has 1 fully saturated rings. The van der Waals surface area contributed by atoms with Crippen molar-refractivity contribution in [1.29, 1.82) is 0 Å². The fourth-order valence-corrected chi connectivity index (χ4v) is 4.86. The molecule has 212 valence electrons. The molecule has 2 aromatic carbocycles. The zero-order valence-electron chi connectivity index (χ0n) is 23.2. The fraction of sp³-hybridized carbons (Fsp3) is 0.625. The van der Waals surface area contributed by atoms with Gasteiger partial charge in [-0.15, -0.1) is 0 Å². The lowest BCUT2D eigenvalue weighted by atomic mass is 10.00. The molecular weight excluding hydrogens is 489 g/mol. The van der Waals surface area contributed by atoms with Gasteiger partial charge in [0.2, 0.25) is 5.82 Å². The van der Waals surface area contributed by atoms with E-state index in [1.54, 1.807) is 12.1 Å². The summed E-state index contributed by atoms with van der Waals surface area (Å²) in [6.07, 6.45) is 11.4. The van der Waals surface area contributed by atoms with Gasteiger partial charge in [0.1, 0.15) is 12.8 Å². The largest absolute Gasteiger partial charge is 0.487 e. The maximum atomic E-state index is 14.8. The van der Waals surface area contributed by atoms with Crippen LogP contribution in [0, 0.1) is 17.6 Å². The Hall–Kier alpha value is -2.05. The number of benzene rings is 2. The number of hydrogen-bond acceptors (Lipinski definition) is 3. The van der Waals surface area contributed by atoms with Crippen molar-refractivity contribution in [2.24, 2.45) is 5.92 Å². The van der Waals surface area contributed by atoms with Crippen LogP contribution in [0.5, 0.6) is 5.75 Å². The van der Waals surface area contributed by atoms with Crippen LogP contribution in [0.2, 0.25) is 0 Å². The summed E-state index contributed by atoms with van der Waals surface area (Å²) in [4.78, 5) is 0. The molecule has 0 radical (unpaired) electrons. The van der Waals surface area contributed by atoms with Crippen LogP contribution < -0.4 is 4.74 Å². The van der Waals surface area contributed by atoms with Gasteiger partial charge in [-0.25, -0.2) is 8.78 Å². The molecule has 1 heterocycles. The second-order valence-electron chi connectivity index (χ2n) is 10.5. The lowest BCUT2D eigenvalue weighted by molar-refractivity contribution is -0.206. The Morgan fingerprint density at radius 3 is 2.11 bits per heavy atom. The first-order chi connectivity index (χ1) is 18.5. The Morgan fingerprint density at radius 1 is 0.789 bits per heavy atom. The van der Waals surface area contributed by atoms with E-state index in [-0.39, 0.29) is 17.9 Å². The first kappa shape index (κ1) is 30.5. The average Bonchev–Trinajstić information content (AvgIpc) is 2.94. The van der Waals surface area contributed by atoms with Crippen molar-refractivity contribution < 1.29 is 27.4 Å². The van der Waals surface area contributed by atoms with Gasteiger partial charge < -0.3 is 14.2 Å². The molecule has 0 saturated carbocycles. The smallest absolute Gasteiger partial charge is 0.201 e. The molecule has 0 aliphatic carbocycles. The molecule has 1 saturated heterocycles. The molecule has 0 spiro atoms. The summed E-state index contributed by atoms with van der Waals surface area (Å²) in [5, 5.41) is 0. The van der Waals surface area contributed by atoms with Gasteiger partial charge in [0.05, 0.1) is 13.2 Å². The molecule has 6 heteroatoms. The third kappa shape index (κ3) is 9.60. The Labute approximate surface area is 227 Å². The van der Waals surface area contributed by atoms with E-state index in [0.29, 0.717) is 31.1 Å². The second-order valence-corrected chi connectivity index (χ2v) is 10.5.